The number of nitrogens with two attached hydrogens (primary N) is 1. The Bertz CT molecular complexity index is 187. The maximum absolute atomic E-state index is 5.17. The summed E-state index contributed by atoms with van der Waals surface area (Å²) < 4.78 is 0.557. The van der Waals surface area contributed by atoms with E-state index in [1.165, 1.54) is 0 Å². The van der Waals surface area contributed by atoms with Gasteiger partial charge in [-0.15, -0.1) is 0 Å². The van der Waals surface area contributed by atoms with Crippen molar-refractivity contribution in [2.45, 2.75) is 13.3 Å². The molecular weight excluding hydrogens is 200 g/mol. The third-order valence-corrected chi connectivity index (χ3v) is 2.27. The van der Waals surface area contributed by atoms with E-state index in [0.717, 1.165) is 12.2 Å². The van der Waals surface area contributed by atoms with Crippen LogP contribution < -0.4 is 5.73 Å². The number of thiocarbonyl (C=S) groups is 1. The molecule has 0 bridgehead atoms. The van der Waals surface area contributed by atoms with Crippen LogP contribution in [0, 0.1) is 0 Å². The van der Waals surface area contributed by atoms with E-state index >= 15 is 0 Å². The molecule has 72 valence electrons. The zero-order valence-corrected chi connectivity index (χ0v) is 9.28. The molecule has 0 aliphatic rings. The Morgan fingerprint density at radius 1 is 1.38 bits per heavy atom. The number of nitrogens with zero attached hydrogens (tertiary/aromatic N) is 1. The Labute approximate surface area is 88.9 Å². The average molecular weight is 214 g/mol. The van der Waals surface area contributed by atoms with Crippen LogP contribution >= 0.6 is 24.0 Å². The first kappa shape index (κ1) is 12.4. The van der Waals surface area contributed by atoms with Crippen LogP contribution in [0.3, 0.4) is 0 Å². The summed E-state index contributed by atoms with van der Waals surface area (Å²) in [5, 5.41) is 0. The number of hydrogen-bond acceptors (Lipinski definition) is 3. The van der Waals surface area contributed by atoms with Gasteiger partial charge in [0.25, 0.3) is 0 Å². The van der Waals surface area contributed by atoms with Gasteiger partial charge in [0, 0.05) is 12.4 Å². The van der Waals surface area contributed by atoms with Gasteiger partial charge < -0.3 is 5.73 Å². The Kier molecular flexibility index (Phi) is 9.03. The van der Waals surface area contributed by atoms with Gasteiger partial charge in [-0.3, -0.25) is 4.98 Å². The molecule has 0 aromatic carbocycles. The SMILES string of the molecule is CCCSC(N)=S.c1ccncc1. The number of hydrogen-bond donors (Lipinski definition) is 1. The summed E-state index contributed by atoms with van der Waals surface area (Å²) in [5.41, 5.74) is 5.17. The smallest absolute Gasteiger partial charge is 0.131 e. The van der Waals surface area contributed by atoms with Crippen LogP contribution in [-0.2, 0) is 0 Å². The van der Waals surface area contributed by atoms with Crippen molar-refractivity contribution in [3.05, 3.63) is 30.6 Å². The molecule has 0 saturated carbocycles. The van der Waals surface area contributed by atoms with Gasteiger partial charge in [0.2, 0.25) is 0 Å². The van der Waals surface area contributed by atoms with E-state index in [9.17, 15) is 0 Å². The van der Waals surface area contributed by atoms with Crippen molar-refractivity contribution in [1.82, 2.24) is 4.98 Å². The van der Waals surface area contributed by atoms with Gasteiger partial charge in [0.05, 0.1) is 0 Å². The van der Waals surface area contributed by atoms with Crippen molar-refractivity contribution in [1.29, 1.82) is 0 Å². The first-order chi connectivity index (χ1) is 6.27. The number of aromatic nitrogens is 1. The predicted molar refractivity (Wildman–Crippen MR) is 63.8 cm³/mol. The summed E-state index contributed by atoms with van der Waals surface area (Å²) in [5.74, 6) is 1.05. The molecule has 2 N–H and O–H groups in total. The van der Waals surface area contributed by atoms with E-state index < -0.39 is 0 Å². The molecule has 0 atom stereocenters. The number of thioether (sulfide) groups is 1. The van der Waals surface area contributed by atoms with Crippen LogP contribution in [0.2, 0.25) is 0 Å². The highest BCUT2D eigenvalue weighted by molar-refractivity contribution is 8.22. The lowest BCUT2D eigenvalue weighted by atomic mass is 10.5. The molecule has 13 heavy (non-hydrogen) atoms. The van der Waals surface area contributed by atoms with Gasteiger partial charge in [-0.25, -0.2) is 0 Å². The molecule has 1 aromatic heterocycles. The van der Waals surface area contributed by atoms with Crippen molar-refractivity contribution < 1.29 is 0 Å². The second kappa shape index (κ2) is 9.48. The van der Waals surface area contributed by atoms with Crippen molar-refractivity contribution in [3.8, 4) is 0 Å². The van der Waals surface area contributed by atoms with Crippen LogP contribution in [0.15, 0.2) is 30.6 Å². The minimum absolute atomic E-state index is 0.557. The van der Waals surface area contributed by atoms with Crippen molar-refractivity contribution >= 4 is 28.3 Å². The summed E-state index contributed by atoms with van der Waals surface area (Å²) in [7, 11) is 0. The van der Waals surface area contributed by atoms with Crippen LogP contribution in [0.4, 0.5) is 0 Å². The van der Waals surface area contributed by atoms with Gasteiger partial charge in [-0.05, 0) is 24.3 Å². The quantitative estimate of drug-likeness (QED) is 0.768. The Morgan fingerprint density at radius 3 is 2.15 bits per heavy atom. The molecule has 0 amide bonds. The highest BCUT2D eigenvalue weighted by Crippen LogP contribution is 1.99. The molecule has 0 saturated heterocycles. The fourth-order valence-electron chi connectivity index (χ4n) is 0.515. The predicted octanol–water partition coefficient (Wildman–Crippen LogP) is 2.45. The number of pyridine rings is 1. The largest absolute Gasteiger partial charge is 0.385 e. The van der Waals surface area contributed by atoms with Gasteiger partial charge in [-0.2, -0.15) is 0 Å². The lowest BCUT2D eigenvalue weighted by Crippen LogP contribution is -2.01. The zero-order valence-electron chi connectivity index (χ0n) is 7.64. The molecule has 4 heteroatoms. The van der Waals surface area contributed by atoms with Crippen LogP contribution in [-0.4, -0.2) is 15.1 Å². The van der Waals surface area contributed by atoms with Gasteiger partial charge in [0.15, 0.2) is 0 Å². The van der Waals surface area contributed by atoms with Crippen LogP contribution in [0.1, 0.15) is 13.3 Å². The normalized spacial score (nSPS) is 8.38. The molecule has 0 radical (unpaired) electrons. The van der Waals surface area contributed by atoms with Crippen molar-refractivity contribution in [2.24, 2.45) is 5.73 Å². The van der Waals surface area contributed by atoms with E-state index in [1.807, 2.05) is 18.2 Å². The van der Waals surface area contributed by atoms with Crippen LogP contribution in [0.5, 0.6) is 0 Å². The molecule has 0 spiro atoms. The van der Waals surface area contributed by atoms with E-state index in [2.05, 4.69) is 24.1 Å². The lowest BCUT2D eigenvalue weighted by molar-refractivity contribution is 1.11. The second-order valence-corrected chi connectivity index (χ2v) is 4.03. The molecule has 2 nitrogen and oxygen atoms in total. The highest BCUT2D eigenvalue weighted by Gasteiger charge is 1.84. The molecule has 1 aromatic rings. The maximum Gasteiger partial charge on any atom is 0.131 e. The monoisotopic (exact) mass is 214 g/mol. The van der Waals surface area contributed by atoms with E-state index in [-0.39, 0.29) is 0 Å². The first-order valence-corrected chi connectivity index (χ1v) is 5.44. The van der Waals surface area contributed by atoms with Gasteiger partial charge in [-0.1, -0.05) is 37.0 Å². The average Bonchev–Trinajstić information content (AvgIpc) is 2.18. The lowest BCUT2D eigenvalue weighted by Gasteiger charge is -1.90. The maximum atomic E-state index is 5.17. The third-order valence-electron chi connectivity index (χ3n) is 1.01. The summed E-state index contributed by atoms with van der Waals surface area (Å²) in [6, 6.07) is 5.72. The second-order valence-electron chi connectivity index (χ2n) is 2.19. The molecule has 0 unspecified atom stereocenters. The van der Waals surface area contributed by atoms with Crippen LogP contribution in [0.25, 0.3) is 0 Å². The first-order valence-electron chi connectivity index (χ1n) is 4.04. The van der Waals surface area contributed by atoms with E-state index in [0.29, 0.717) is 4.32 Å². The summed E-state index contributed by atoms with van der Waals surface area (Å²) in [6.07, 6.45) is 4.64. The Balaban J connectivity index is 0.000000223. The van der Waals surface area contributed by atoms with E-state index in [1.54, 1.807) is 24.2 Å². The zero-order chi connectivity index (χ0) is 9.94. The summed E-state index contributed by atoms with van der Waals surface area (Å²) >= 11 is 6.14. The minimum atomic E-state index is 0.557. The van der Waals surface area contributed by atoms with E-state index in [4.69, 9.17) is 5.73 Å². The standard InChI is InChI=1S/C5H5N.C4H9NS2/c1-2-4-6-5-3-1;1-2-3-7-4(5)6/h1-5H;2-3H2,1H3,(H2,5,6). The van der Waals surface area contributed by atoms with Gasteiger partial charge in [0.1, 0.15) is 4.32 Å². The molecule has 1 rings (SSSR count). The molecular formula is C9H14N2S2. The highest BCUT2D eigenvalue weighted by atomic mass is 32.2. The molecule has 0 aliphatic heterocycles. The topological polar surface area (TPSA) is 38.9 Å². The molecule has 1 heterocycles. The van der Waals surface area contributed by atoms with Gasteiger partial charge >= 0.3 is 0 Å². The Hall–Kier alpha value is -0.610. The van der Waals surface area contributed by atoms with Crippen molar-refractivity contribution in [3.63, 3.8) is 0 Å². The Morgan fingerprint density at radius 2 is 2.00 bits per heavy atom. The molecule has 0 fully saturated rings. The molecule has 0 aliphatic carbocycles. The van der Waals surface area contributed by atoms with Crippen molar-refractivity contribution in [2.75, 3.05) is 5.75 Å². The number of rotatable bonds is 2. The fourth-order valence-corrected chi connectivity index (χ4v) is 1.17. The summed E-state index contributed by atoms with van der Waals surface area (Å²) in [4.78, 5) is 3.78. The minimum Gasteiger partial charge on any atom is -0.385 e. The fraction of sp³-hybridized carbons (Fsp3) is 0.333. The summed E-state index contributed by atoms with van der Waals surface area (Å²) in [6.45, 7) is 2.10. The third kappa shape index (κ3) is 11.4.